The minimum Gasteiger partial charge on any atom is -0.206 e. The van der Waals surface area contributed by atoms with Crippen molar-refractivity contribution >= 4 is 0 Å². The van der Waals surface area contributed by atoms with Gasteiger partial charge in [0.15, 0.2) is 0 Å². The van der Waals surface area contributed by atoms with E-state index in [2.05, 4.69) is 25.1 Å². The van der Waals surface area contributed by atoms with E-state index in [1.807, 2.05) is 12.1 Å². The van der Waals surface area contributed by atoms with Crippen molar-refractivity contribution in [2.24, 2.45) is 0 Å². The van der Waals surface area contributed by atoms with Crippen LogP contribution >= 0.6 is 0 Å². The van der Waals surface area contributed by atoms with Crippen LogP contribution in [0.4, 0.5) is 4.39 Å². The highest BCUT2D eigenvalue weighted by Crippen LogP contribution is 2.34. The van der Waals surface area contributed by atoms with Gasteiger partial charge >= 0.3 is 0 Å². The van der Waals surface area contributed by atoms with Crippen molar-refractivity contribution in [2.75, 3.05) is 0 Å². The lowest BCUT2D eigenvalue weighted by Crippen LogP contribution is -2.06. The van der Waals surface area contributed by atoms with Crippen molar-refractivity contribution in [1.29, 1.82) is 0 Å². The Morgan fingerprint density at radius 1 is 1.11 bits per heavy atom. The monoisotopic (exact) mass is 240 g/mol. The van der Waals surface area contributed by atoms with Crippen LogP contribution in [-0.2, 0) is 6.42 Å². The Labute approximate surface area is 107 Å². The molecule has 0 saturated heterocycles. The van der Waals surface area contributed by atoms with E-state index in [1.54, 1.807) is 6.07 Å². The van der Waals surface area contributed by atoms with Crippen molar-refractivity contribution in [3.8, 4) is 11.1 Å². The largest absolute Gasteiger partial charge is 0.206 e. The van der Waals surface area contributed by atoms with E-state index in [0.29, 0.717) is 11.5 Å². The quantitative estimate of drug-likeness (QED) is 0.662. The van der Waals surface area contributed by atoms with Gasteiger partial charge in [-0.05, 0) is 47.9 Å². The molecule has 2 aromatic rings. The van der Waals surface area contributed by atoms with E-state index in [-0.39, 0.29) is 5.82 Å². The highest BCUT2D eigenvalue weighted by Gasteiger charge is 2.17. The van der Waals surface area contributed by atoms with Crippen molar-refractivity contribution in [2.45, 2.75) is 32.1 Å². The average molecular weight is 240 g/mol. The number of aryl methyl sites for hydroxylation is 1. The highest BCUT2D eigenvalue weighted by molar-refractivity contribution is 5.66. The molecule has 0 aliphatic heterocycles. The zero-order valence-electron chi connectivity index (χ0n) is 10.6. The van der Waals surface area contributed by atoms with Crippen LogP contribution in [0, 0.1) is 5.82 Å². The van der Waals surface area contributed by atoms with Crippen molar-refractivity contribution < 1.29 is 4.39 Å². The van der Waals surface area contributed by atoms with E-state index in [9.17, 15) is 4.39 Å². The summed E-state index contributed by atoms with van der Waals surface area (Å²) in [7, 11) is 0. The maximum absolute atomic E-state index is 13.8. The molecule has 1 atom stereocenters. The van der Waals surface area contributed by atoms with E-state index in [1.165, 1.54) is 30.0 Å². The van der Waals surface area contributed by atoms with Gasteiger partial charge in [0, 0.05) is 5.56 Å². The first-order valence-electron chi connectivity index (χ1n) is 6.63. The summed E-state index contributed by atoms with van der Waals surface area (Å²) in [6.07, 6.45) is 3.68. The molecule has 1 unspecified atom stereocenters. The number of rotatable bonds is 1. The van der Waals surface area contributed by atoms with Crippen LogP contribution in [0.3, 0.4) is 0 Å². The summed E-state index contributed by atoms with van der Waals surface area (Å²) in [5.41, 5.74) is 4.55. The van der Waals surface area contributed by atoms with Crippen molar-refractivity contribution in [1.82, 2.24) is 0 Å². The molecule has 1 aliphatic carbocycles. The second-order valence-corrected chi connectivity index (χ2v) is 5.19. The lowest BCUT2D eigenvalue weighted by atomic mass is 9.82. The third-order valence-electron chi connectivity index (χ3n) is 3.94. The second-order valence-electron chi connectivity index (χ2n) is 5.19. The maximum atomic E-state index is 13.8. The molecular weight excluding hydrogens is 223 g/mol. The fourth-order valence-corrected chi connectivity index (χ4v) is 2.90. The Hall–Kier alpha value is -1.63. The molecule has 1 heteroatoms. The van der Waals surface area contributed by atoms with Gasteiger partial charge in [-0.15, -0.1) is 0 Å². The SMILES string of the molecule is CC1CCCc2ccc(-c3ccccc3F)cc21. The van der Waals surface area contributed by atoms with Gasteiger partial charge in [0.2, 0.25) is 0 Å². The van der Waals surface area contributed by atoms with E-state index < -0.39 is 0 Å². The predicted octanol–water partition coefficient (Wildman–Crippen LogP) is 4.93. The molecule has 1 aliphatic rings. The molecule has 0 heterocycles. The Morgan fingerprint density at radius 2 is 1.94 bits per heavy atom. The van der Waals surface area contributed by atoms with Crippen LogP contribution in [0.25, 0.3) is 11.1 Å². The van der Waals surface area contributed by atoms with Crippen LogP contribution in [0.1, 0.15) is 36.8 Å². The van der Waals surface area contributed by atoms with Gasteiger partial charge in [-0.25, -0.2) is 4.39 Å². The minimum absolute atomic E-state index is 0.138. The van der Waals surface area contributed by atoms with Crippen LogP contribution in [0.5, 0.6) is 0 Å². The molecule has 0 spiro atoms. The first-order chi connectivity index (χ1) is 8.75. The highest BCUT2D eigenvalue weighted by atomic mass is 19.1. The average Bonchev–Trinajstić information content (AvgIpc) is 2.40. The second kappa shape index (κ2) is 4.56. The molecule has 0 radical (unpaired) electrons. The van der Waals surface area contributed by atoms with Crippen LogP contribution in [-0.4, -0.2) is 0 Å². The molecule has 0 fully saturated rings. The number of halogens is 1. The van der Waals surface area contributed by atoms with Gasteiger partial charge in [-0.1, -0.05) is 43.3 Å². The molecule has 0 N–H and O–H groups in total. The van der Waals surface area contributed by atoms with E-state index in [0.717, 1.165) is 12.0 Å². The smallest absolute Gasteiger partial charge is 0.131 e. The number of fused-ring (bicyclic) bond motifs is 1. The molecule has 0 amide bonds. The van der Waals surface area contributed by atoms with Gasteiger partial charge in [-0.2, -0.15) is 0 Å². The lowest BCUT2D eigenvalue weighted by molar-refractivity contribution is 0.590. The van der Waals surface area contributed by atoms with Crippen LogP contribution in [0.15, 0.2) is 42.5 Å². The summed E-state index contributed by atoms with van der Waals surface area (Å²) >= 11 is 0. The topological polar surface area (TPSA) is 0 Å². The standard InChI is InChI=1S/C17H17F/c1-12-5-4-6-13-9-10-14(11-16(12)13)15-7-2-3-8-17(15)18/h2-3,7-12H,4-6H2,1H3. The fourth-order valence-electron chi connectivity index (χ4n) is 2.90. The van der Waals surface area contributed by atoms with E-state index in [4.69, 9.17) is 0 Å². The first-order valence-corrected chi connectivity index (χ1v) is 6.63. The predicted molar refractivity (Wildman–Crippen MR) is 73.2 cm³/mol. The molecule has 0 bridgehead atoms. The zero-order chi connectivity index (χ0) is 12.5. The summed E-state index contributed by atoms with van der Waals surface area (Å²) in [5.74, 6) is 0.460. The van der Waals surface area contributed by atoms with Crippen LogP contribution in [0.2, 0.25) is 0 Å². The van der Waals surface area contributed by atoms with Crippen molar-refractivity contribution in [3.05, 3.63) is 59.4 Å². The summed E-state index contributed by atoms with van der Waals surface area (Å²) in [5, 5.41) is 0. The number of benzene rings is 2. The molecule has 3 rings (SSSR count). The zero-order valence-corrected chi connectivity index (χ0v) is 10.6. The molecule has 0 aromatic heterocycles. The number of hydrogen-bond donors (Lipinski definition) is 0. The maximum Gasteiger partial charge on any atom is 0.131 e. The third kappa shape index (κ3) is 1.94. The van der Waals surface area contributed by atoms with E-state index >= 15 is 0 Å². The molecular formula is C17H17F. The summed E-state index contributed by atoms with van der Waals surface area (Å²) in [6.45, 7) is 2.27. The first kappa shape index (κ1) is 11.5. The van der Waals surface area contributed by atoms with Crippen LogP contribution < -0.4 is 0 Å². The Balaban J connectivity index is 2.10. The van der Waals surface area contributed by atoms with Gasteiger partial charge < -0.3 is 0 Å². The normalized spacial score (nSPS) is 18.4. The van der Waals surface area contributed by atoms with Crippen molar-refractivity contribution in [3.63, 3.8) is 0 Å². The van der Waals surface area contributed by atoms with Gasteiger partial charge in [0.1, 0.15) is 5.82 Å². The lowest BCUT2D eigenvalue weighted by Gasteiger charge is -2.23. The third-order valence-corrected chi connectivity index (χ3v) is 3.94. The minimum atomic E-state index is -0.138. The van der Waals surface area contributed by atoms with Gasteiger partial charge in [0.05, 0.1) is 0 Å². The van der Waals surface area contributed by atoms with Gasteiger partial charge in [0.25, 0.3) is 0 Å². The Kier molecular flexibility index (Phi) is 2.91. The summed E-state index contributed by atoms with van der Waals surface area (Å²) in [4.78, 5) is 0. The summed E-state index contributed by atoms with van der Waals surface area (Å²) < 4.78 is 13.8. The number of hydrogen-bond acceptors (Lipinski definition) is 0. The summed E-state index contributed by atoms with van der Waals surface area (Å²) in [6, 6.07) is 13.4. The Bertz CT molecular complexity index is 572. The molecule has 92 valence electrons. The molecule has 2 aromatic carbocycles. The molecule has 18 heavy (non-hydrogen) atoms. The van der Waals surface area contributed by atoms with Gasteiger partial charge in [-0.3, -0.25) is 0 Å². The fraction of sp³-hybridized carbons (Fsp3) is 0.294. The molecule has 0 nitrogen and oxygen atoms in total. The molecule has 0 saturated carbocycles. The Morgan fingerprint density at radius 3 is 2.78 bits per heavy atom.